The van der Waals surface area contributed by atoms with Crippen molar-refractivity contribution in [2.75, 3.05) is 12.8 Å². The molecule has 15 rings (SSSR count). The van der Waals surface area contributed by atoms with Crippen LogP contribution in [0.15, 0.2) is 297 Å². The van der Waals surface area contributed by atoms with Gasteiger partial charge in [0.2, 0.25) is 5.78 Å². The fraction of sp³-hybridized carbons (Fsp3) is 0.0795. The van der Waals surface area contributed by atoms with E-state index >= 15 is 0 Å². The number of nitrogens with zero attached hydrogens (tertiary/aromatic N) is 7. The fourth-order valence-corrected chi connectivity index (χ4v) is 12.7. The van der Waals surface area contributed by atoms with Crippen LogP contribution in [-0.4, -0.2) is 65.7 Å². The summed E-state index contributed by atoms with van der Waals surface area (Å²) >= 11 is 29.0. The third-order valence-electron chi connectivity index (χ3n) is 16.9. The summed E-state index contributed by atoms with van der Waals surface area (Å²) in [6, 6.07) is 87.4. The van der Waals surface area contributed by atoms with Crippen LogP contribution in [0.4, 0.5) is 5.82 Å². The maximum Gasteiger partial charge on any atom is 0.320 e. The Morgan fingerprint density at radius 2 is 1.09 bits per heavy atom. The van der Waals surface area contributed by atoms with Gasteiger partial charge in [0.15, 0.2) is 5.82 Å². The topological polar surface area (TPSA) is 221 Å². The van der Waals surface area contributed by atoms with Crippen LogP contribution in [0.2, 0.25) is 20.1 Å². The molecule has 0 saturated carbocycles. The number of ketones is 2. The first kappa shape index (κ1) is 78.2. The van der Waals surface area contributed by atoms with Gasteiger partial charge in [-0.05, 0) is 144 Å². The molecule has 10 aromatic carbocycles. The predicted molar refractivity (Wildman–Crippen MR) is 432 cm³/mol. The minimum Gasteiger partial charge on any atom is -0.468 e. The molecule has 1 aliphatic rings. The number of nitrogen functional groups attached to an aromatic ring is 1. The molecule has 0 aliphatic carbocycles. The highest BCUT2D eigenvalue weighted by Crippen LogP contribution is 2.41. The zero-order valence-electron chi connectivity index (χ0n) is 58.3. The number of aromatic nitrogens is 6. The number of carbonyl (C=O) groups is 5. The van der Waals surface area contributed by atoms with Gasteiger partial charge in [0.1, 0.15) is 17.4 Å². The number of Topliss-reactive ketones (excluding diaryl/α,β-unsaturated/α-hetero) is 2. The first-order valence-corrected chi connectivity index (χ1v) is 35.4. The number of aromatic amines is 1. The number of allylic oxidation sites excluding steroid dienone is 2. The molecule has 20 heteroatoms. The molecular formula is C88H66Cl5N9O6. The van der Waals surface area contributed by atoms with Crippen molar-refractivity contribution >= 4 is 120 Å². The quantitative estimate of drug-likeness (QED) is 0.0362. The molecule has 0 saturated heterocycles. The lowest BCUT2D eigenvalue weighted by molar-refractivity contribution is -0.145. The number of nitriles is 1. The Hall–Kier alpha value is -12.4. The molecule has 2 atom stereocenters. The molecule has 5 heterocycles. The summed E-state index contributed by atoms with van der Waals surface area (Å²) in [7, 11) is 1.28. The van der Waals surface area contributed by atoms with Crippen LogP contribution in [0, 0.1) is 17.9 Å². The molecule has 0 bridgehead atoms. The number of esters is 1. The lowest BCUT2D eigenvalue weighted by Crippen LogP contribution is -2.23. The molecule has 15 nitrogen and oxygen atoms in total. The van der Waals surface area contributed by atoms with Crippen molar-refractivity contribution in [1.29, 1.82) is 5.26 Å². The van der Waals surface area contributed by atoms with Gasteiger partial charge < -0.3 is 10.5 Å². The van der Waals surface area contributed by atoms with E-state index in [4.69, 9.17) is 80.7 Å². The van der Waals surface area contributed by atoms with Crippen molar-refractivity contribution < 1.29 is 28.7 Å². The summed E-state index contributed by atoms with van der Waals surface area (Å²) in [5.41, 5.74) is 21.9. The Morgan fingerprint density at radius 3 is 1.64 bits per heavy atom. The Kier molecular flexibility index (Phi) is 27.5. The third-order valence-corrected chi connectivity index (χ3v) is 18.0. The number of anilines is 1. The van der Waals surface area contributed by atoms with Crippen LogP contribution in [0.1, 0.15) is 79.3 Å². The molecule has 108 heavy (non-hydrogen) atoms. The second kappa shape index (κ2) is 38.0. The van der Waals surface area contributed by atoms with E-state index in [1.54, 1.807) is 89.9 Å². The average molecular weight is 1520 g/mol. The Morgan fingerprint density at radius 1 is 0.583 bits per heavy atom. The number of carbonyl (C=O) groups excluding carboxylic acids is 5. The number of benzene rings is 10. The summed E-state index contributed by atoms with van der Waals surface area (Å²) < 4.78 is 6.24. The molecule has 0 spiro atoms. The largest absolute Gasteiger partial charge is 0.468 e. The van der Waals surface area contributed by atoms with Crippen LogP contribution in [-0.2, 0) is 27.2 Å². The summed E-state index contributed by atoms with van der Waals surface area (Å²) in [5, 5.41) is 24.0. The van der Waals surface area contributed by atoms with Crippen LogP contribution < -0.4 is 5.73 Å². The summed E-state index contributed by atoms with van der Waals surface area (Å²) in [6.45, 7) is 10.6. The normalized spacial score (nSPS) is 11.6. The number of H-pyrrole nitrogens is 1. The van der Waals surface area contributed by atoms with Crippen molar-refractivity contribution in [2.45, 2.75) is 38.6 Å². The highest BCUT2D eigenvalue weighted by atomic mass is 35.5. The molecule has 0 radical (unpaired) electrons. The smallest absolute Gasteiger partial charge is 0.320 e. The second-order valence-electron chi connectivity index (χ2n) is 24.2. The van der Waals surface area contributed by atoms with Gasteiger partial charge >= 0.3 is 12.0 Å². The number of nitrogens with one attached hydrogen (secondary N) is 1. The number of methoxy groups -OCH3 is 1. The van der Waals surface area contributed by atoms with E-state index in [0.717, 1.165) is 89.0 Å². The highest BCUT2D eigenvalue weighted by Gasteiger charge is 2.32. The molecule has 4 aromatic heterocycles. The minimum absolute atomic E-state index is 0.118. The SMILES string of the molecule is CC1=C(c2ccc3ncccc3c2)C(=O)n2nc(-c3cccc(Cl)c3)c(-c3ccccc3)c2C1.COC(=O)C(C(C)=O)c1ccc2ncccc2c1.N#CCc1ccccc1.Nc1n[nH]c(-c2cccc(Cl)c2)c1-c1ccccc1.O=C(Cl)c1cccc(Cl)c1.[C-]#[N+]C(C(=O)c1cccc(Cl)c1)c1ccccc1. The monoisotopic (exact) mass is 1520 g/mol. The summed E-state index contributed by atoms with van der Waals surface area (Å²) in [5.74, 6) is -1.48. The van der Waals surface area contributed by atoms with Crippen molar-refractivity contribution in [3.63, 3.8) is 0 Å². The van der Waals surface area contributed by atoms with E-state index in [-0.39, 0.29) is 17.5 Å². The average Bonchev–Trinajstić information content (AvgIpc) is 1.70. The van der Waals surface area contributed by atoms with E-state index < -0.39 is 23.2 Å². The van der Waals surface area contributed by atoms with Gasteiger partial charge in [-0.15, -0.1) is 0 Å². The van der Waals surface area contributed by atoms with Crippen molar-refractivity contribution in [2.24, 2.45) is 0 Å². The van der Waals surface area contributed by atoms with Gasteiger partial charge in [0.05, 0.1) is 47.6 Å². The van der Waals surface area contributed by atoms with Crippen LogP contribution in [0.3, 0.4) is 0 Å². The number of rotatable bonds is 13. The zero-order valence-corrected chi connectivity index (χ0v) is 62.1. The van der Waals surface area contributed by atoms with Gasteiger partial charge in [-0.3, -0.25) is 43.9 Å². The van der Waals surface area contributed by atoms with E-state index in [9.17, 15) is 24.0 Å². The first-order chi connectivity index (χ1) is 52.3. The molecule has 1 aliphatic heterocycles. The maximum atomic E-state index is 13.9. The van der Waals surface area contributed by atoms with Gasteiger partial charge in [0, 0.05) is 88.6 Å². The number of halogens is 5. The molecule has 534 valence electrons. The Bertz CT molecular complexity index is 5670. The molecule has 0 fully saturated rings. The van der Waals surface area contributed by atoms with Gasteiger partial charge in [0.25, 0.3) is 11.1 Å². The summed E-state index contributed by atoms with van der Waals surface area (Å²) in [6.07, 6.45) is 4.62. The number of nitrogens with two attached hydrogens (primary N) is 1. The van der Waals surface area contributed by atoms with Crippen molar-refractivity contribution in [1.82, 2.24) is 29.9 Å². The Balaban J connectivity index is 0.000000147. The fourth-order valence-electron chi connectivity index (χ4n) is 11.8. The molecule has 3 N–H and O–H groups in total. The zero-order chi connectivity index (χ0) is 76.6. The van der Waals surface area contributed by atoms with Gasteiger partial charge in [-0.25, -0.2) is 6.57 Å². The van der Waals surface area contributed by atoms with Gasteiger partial charge in [-0.2, -0.15) is 20.1 Å². The van der Waals surface area contributed by atoms with Crippen LogP contribution in [0.5, 0.6) is 0 Å². The van der Waals surface area contributed by atoms with Crippen molar-refractivity contribution in [3.8, 4) is 50.8 Å². The third kappa shape index (κ3) is 20.1. The van der Waals surface area contributed by atoms with Crippen LogP contribution in [0.25, 0.3) is 77.0 Å². The number of hydrogen-bond acceptors (Lipinski definition) is 12. The van der Waals surface area contributed by atoms with E-state index in [1.807, 2.05) is 195 Å². The second-order valence-corrected chi connectivity index (χ2v) is 26.3. The van der Waals surface area contributed by atoms with Gasteiger partial charge in [-0.1, -0.05) is 240 Å². The highest BCUT2D eigenvalue weighted by molar-refractivity contribution is 6.67. The number of ether oxygens (including phenoxy) is 1. The maximum absolute atomic E-state index is 13.9. The molecular weight excluding hydrogens is 1460 g/mol. The van der Waals surface area contributed by atoms with Crippen LogP contribution >= 0.6 is 58.0 Å². The lowest BCUT2D eigenvalue weighted by Gasteiger charge is -2.20. The molecule has 14 aromatic rings. The predicted octanol–water partition coefficient (Wildman–Crippen LogP) is 21.8. The molecule has 0 amide bonds. The molecule has 2 unspecified atom stereocenters. The minimum atomic E-state index is -0.861. The van der Waals surface area contributed by atoms with E-state index in [0.29, 0.717) is 66.6 Å². The number of hydrogen-bond donors (Lipinski definition) is 2. The van der Waals surface area contributed by atoms with E-state index in [2.05, 4.69) is 47.9 Å². The number of fused-ring (bicyclic) bond motifs is 3. The van der Waals surface area contributed by atoms with Crippen molar-refractivity contribution in [3.05, 3.63) is 368 Å². The number of pyridine rings is 2. The van der Waals surface area contributed by atoms with E-state index in [1.165, 1.54) is 20.1 Å². The first-order valence-electron chi connectivity index (χ1n) is 33.5. The lowest BCUT2D eigenvalue weighted by atomic mass is 9.90. The standard InChI is InChI=1S/C29H20ClN3O.C15H12ClN3.C15H10ClNO.C14H13NO3.C8H7N.C7H4Cl2O/c1-18-15-25-27(19-7-3-2-4-8-19)28(22-9-5-11-23(30)17-22)32-33(25)29(34)26(18)21-12-13-24-20(16-21)10-6-14-31-24;16-12-8-4-7-11(9-12)14-13(15(17)19-18-14)10-5-2-1-3-6-10;1-17-14(11-6-3-2-4-7-11)15(18)12-8-5-9-13(16)10-12;1-9(16)13(14(17)18-2)11-5-6-12-10(8-11)4-3-7-15-12;9-7-6-8-4-2-1-3-5-8;8-6-3-1-2-5(4-6)7(9)10/h2-14,16-17H,15H2,1H3;1-9H,(H3,17,18,19);2-10,14H;3-8,13H,1-2H3;1-5H,6H2;1-4H. The Labute approximate surface area is 649 Å². The summed E-state index contributed by atoms with van der Waals surface area (Å²) in [4.78, 5) is 71.8.